The van der Waals surface area contributed by atoms with Crippen LogP contribution >= 0.6 is 0 Å². The van der Waals surface area contributed by atoms with Crippen molar-refractivity contribution >= 4 is 11.6 Å². The number of ether oxygens (including phenoxy) is 1. The van der Waals surface area contributed by atoms with Gasteiger partial charge in [0, 0.05) is 23.6 Å². The molecule has 0 radical (unpaired) electrons. The molecule has 2 aromatic rings. The molecule has 0 bridgehead atoms. The van der Waals surface area contributed by atoms with E-state index in [9.17, 15) is 4.79 Å². The second kappa shape index (κ2) is 6.79. The maximum atomic E-state index is 12.7. The molecule has 0 unspecified atom stereocenters. The first-order chi connectivity index (χ1) is 11.7. The predicted molar refractivity (Wildman–Crippen MR) is 99.0 cm³/mol. The Bertz CT molecular complexity index is 765. The minimum absolute atomic E-state index is 0.0276. The number of carbonyl (C=O) groups is 1. The lowest BCUT2D eigenvalue weighted by Gasteiger charge is -2.33. The molecule has 1 amide bonds. The topological polar surface area (TPSA) is 55.6 Å². The smallest absolute Gasteiger partial charge is 0.255 e. The number of fused-ring (bicyclic) bond motifs is 1. The van der Waals surface area contributed by atoms with Crippen molar-refractivity contribution < 1.29 is 9.53 Å². The lowest BCUT2D eigenvalue weighted by molar-refractivity contribution is -0.0757. The van der Waals surface area contributed by atoms with E-state index in [1.54, 1.807) is 0 Å². The van der Waals surface area contributed by atoms with Crippen LogP contribution in [-0.2, 0) is 4.74 Å². The minimum Gasteiger partial charge on any atom is -0.373 e. The van der Waals surface area contributed by atoms with Crippen molar-refractivity contribution in [3.8, 4) is 0 Å². The fourth-order valence-corrected chi connectivity index (χ4v) is 3.66. The Morgan fingerprint density at radius 2 is 1.92 bits per heavy atom. The van der Waals surface area contributed by atoms with Crippen molar-refractivity contribution in [3.63, 3.8) is 0 Å². The van der Waals surface area contributed by atoms with E-state index in [1.807, 2.05) is 36.6 Å². The van der Waals surface area contributed by atoms with Gasteiger partial charge in [-0.1, -0.05) is 0 Å². The number of nitrogens with one attached hydrogen (secondary N) is 1. The average Bonchev–Trinajstić information content (AvgIpc) is 2.92. The highest BCUT2D eigenvalue weighted by molar-refractivity contribution is 6.00. The Morgan fingerprint density at radius 1 is 1.24 bits per heavy atom. The summed E-state index contributed by atoms with van der Waals surface area (Å²) in [5.74, 6) is -0.0276. The first-order valence-corrected chi connectivity index (χ1v) is 9.17. The van der Waals surface area contributed by atoms with Crippen LogP contribution in [0.25, 0.3) is 5.65 Å². The zero-order valence-corrected chi connectivity index (χ0v) is 15.9. The Labute approximate surface area is 149 Å². The fourth-order valence-electron chi connectivity index (χ4n) is 3.66. The molecular formula is C20H29N3O2. The molecule has 25 heavy (non-hydrogen) atoms. The summed E-state index contributed by atoms with van der Waals surface area (Å²) in [6, 6.07) is 4.09. The number of rotatable bonds is 3. The van der Waals surface area contributed by atoms with Gasteiger partial charge in [0.25, 0.3) is 5.91 Å². The number of aromatic nitrogens is 2. The Hall–Kier alpha value is -1.88. The highest BCUT2D eigenvalue weighted by Crippen LogP contribution is 2.25. The zero-order chi connectivity index (χ0) is 18.2. The second-order valence-electron chi connectivity index (χ2n) is 8.14. The molecule has 0 atom stereocenters. The van der Waals surface area contributed by atoms with Crippen LogP contribution in [0.2, 0.25) is 0 Å². The van der Waals surface area contributed by atoms with E-state index in [-0.39, 0.29) is 17.6 Å². The molecule has 1 aliphatic rings. The Morgan fingerprint density at radius 3 is 2.56 bits per heavy atom. The molecule has 2 aromatic heterocycles. The van der Waals surface area contributed by atoms with Gasteiger partial charge in [0.05, 0.1) is 17.3 Å². The molecule has 1 saturated carbocycles. The van der Waals surface area contributed by atoms with Crippen molar-refractivity contribution in [2.45, 2.75) is 78.0 Å². The molecule has 3 rings (SSSR count). The summed E-state index contributed by atoms with van der Waals surface area (Å²) < 4.78 is 8.03. The van der Waals surface area contributed by atoms with Crippen LogP contribution in [0, 0.1) is 13.8 Å². The van der Waals surface area contributed by atoms with Crippen LogP contribution in [0.3, 0.4) is 0 Å². The molecule has 1 fully saturated rings. The average molecular weight is 343 g/mol. The van der Waals surface area contributed by atoms with Gasteiger partial charge in [-0.25, -0.2) is 4.98 Å². The number of hydrogen-bond donors (Lipinski definition) is 1. The van der Waals surface area contributed by atoms with E-state index in [0.29, 0.717) is 11.7 Å². The van der Waals surface area contributed by atoms with E-state index >= 15 is 0 Å². The van der Waals surface area contributed by atoms with E-state index < -0.39 is 0 Å². The van der Waals surface area contributed by atoms with Gasteiger partial charge >= 0.3 is 0 Å². The predicted octanol–water partition coefficient (Wildman–Crippen LogP) is 3.81. The number of nitrogens with zero attached hydrogens (tertiary/aromatic N) is 2. The van der Waals surface area contributed by atoms with Crippen LogP contribution in [0.4, 0.5) is 0 Å². The quantitative estimate of drug-likeness (QED) is 0.922. The molecule has 2 heterocycles. The third kappa shape index (κ3) is 4.21. The summed E-state index contributed by atoms with van der Waals surface area (Å²) in [5.41, 5.74) is 3.30. The van der Waals surface area contributed by atoms with Gasteiger partial charge < -0.3 is 14.5 Å². The maximum Gasteiger partial charge on any atom is 0.255 e. The second-order valence-corrected chi connectivity index (χ2v) is 8.14. The van der Waals surface area contributed by atoms with Gasteiger partial charge in [0.2, 0.25) is 0 Å². The lowest BCUT2D eigenvalue weighted by atomic mass is 9.92. The maximum absolute atomic E-state index is 12.7. The van der Waals surface area contributed by atoms with Gasteiger partial charge in [-0.3, -0.25) is 4.79 Å². The highest BCUT2D eigenvalue weighted by atomic mass is 16.5. The van der Waals surface area contributed by atoms with Crippen molar-refractivity contribution in [2.75, 3.05) is 0 Å². The van der Waals surface area contributed by atoms with E-state index in [1.165, 1.54) is 0 Å². The third-order valence-corrected chi connectivity index (χ3v) is 4.71. The van der Waals surface area contributed by atoms with Gasteiger partial charge in [0.1, 0.15) is 5.65 Å². The Kier molecular flexibility index (Phi) is 4.87. The largest absolute Gasteiger partial charge is 0.373 e. The van der Waals surface area contributed by atoms with Gasteiger partial charge in [-0.15, -0.1) is 0 Å². The van der Waals surface area contributed by atoms with E-state index in [4.69, 9.17) is 4.74 Å². The highest BCUT2D eigenvalue weighted by Gasteiger charge is 2.27. The molecule has 5 heteroatoms. The van der Waals surface area contributed by atoms with Crippen molar-refractivity contribution in [3.05, 3.63) is 35.3 Å². The van der Waals surface area contributed by atoms with E-state index in [2.05, 4.69) is 31.1 Å². The fraction of sp³-hybridized carbons (Fsp3) is 0.600. The number of carbonyl (C=O) groups excluding carboxylic acids is 1. The molecule has 0 spiro atoms. The summed E-state index contributed by atoms with van der Waals surface area (Å²) in [6.45, 7) is 10.3. The molecule has 1 N–H and O–H groups in total. The molecule has 0 saturated heterocycles. The summed E-state index contributed by atoms with van der Waals surface area (Å²) in [6.07, 6.45) is 6.13. The number of amides is 1. The van der Waals surface area contributed by atoms with Crippen LogP contribution in [0.15, 0.2) is 18.3 Å². The van der Waals surface area contributed by atoms with Crippen molar-refractivity contribution in [1.82, 2.24) is 14.7 Å². The van der Waals surface area contributed by atoms with Crippen LogP contribution in [0.5, 0.6) is 0 Å². The first kappa shape index (κ1) is 17.9. The molecule has 0 aliphatic heterocycles. The summed E-state index contributed by atoms with van der Waals surface area (Å²) in [5, 5.41) is 3.19. The van der Waals surface area contributed by atoms with Crippen molar-refractivity contribution in [1.29, 1.82) is 0 Å². The summed E-state index contributed by atoms with van der Waals surface area (Å²) in [7, 11) is 0. The molecule has 0 aromatic carbocycles. The van der Waals surface area contributed by atoms with Crippen molar-refractivity contribution in [2.24, 2.45) is 0 Å². The SMILES string of the molecule is Cc1cc(C)n2ccc(C(=O)NC3CCC(OC(C)(C)C)CC3)c2n1. The molecular weight excluding hydrogens is 314 g/mol. The van der Waals surface area contributed by atoms with Crippen LogP contribution in [-0.4, -0.2) is 33.0 Å². The van der Waals surface area contributed by atoms with E-state index in [0.717, 1.165) is 42.7 Å². The minimum atomic E-state index is -0.104. The number of hydrogen-bond acceptors (Lipinski definition) is 3. The summed E-state index contributed by atoms with van der Waals surface area (Å²) >= 11 is 0. The van der Waals surface area contributed by atoms with Gasteiger partial charge in [0.15, 0.2) is 0 Å². The summed E-state index contributed by atoms with van der Waals surface area (Å²) in [4.78, 5) is 17.3. The molecule has 136 valence electrons. The standard InChI is InChI=1S/C20H29N3O2/c1-13-12-14(2)23-11-10-17(18(23)21-13)19(24)22-15-6-8-16(9-7-15)25-20(3,4)5/h10-12,15-16H,6-9H2,1-5H3,(H,22,24). The Balaban J connectivity index is 1.64. The molecule has 1 aliphatic carbocycles. The monoisotopic (exact) mass is 343 g/mol. The third-order valence-electron chi connectivity index (χ3n) is 4.71. The lowest BCUT2D eigenvalue weighted by Crippen LogP contribution is -2.40. The normalized spacial score (nSPS) is 21.5. The van der Waals surface area contributed by atoms with Gasteiger partial charge in [-0.2, -0.15) is 0 Å². The zero-order valence-electron chi connectivity index (χ0n) is 15.9. The van der Waals surface area contributed by atoms with Gasteiger partial charge in [-0.05, 0) is 72.4 Å². The number of aryl methyl sites for hydroxylation is 2. The molecule has 5 nitrogen and oxygen atoms in total. The van der Waals surface area contributed by atoms with Crippen LogP contribution in [0.1, 0.15) is 68.2 Å². The first-order valence-electron chi connectivity index (χ1n) is 9.17. The van der Waals surface area contributed by atoms with Crippen LogP contribution < -0.4 is 5.32 Å².